The first-order valence-electron chi connectivity index (χ1n) is 8.92. The van der Waals surface area contributed by atoms with Crippen molar-refractivity contribution in [2.45, 2.75) is 58.4 Å². The van der Waals surface area contributed by atoms with E-state index in [-0.39, 0.29) is 49.5 Å². The number of halogens is 2. The van der Waals surface area contributed by atoms with Gasteiger partial charge in [0.25, 0.3) is 0 Å². The maximum Gasteiger partial charge on any atom is 0.332 e. The topological polar surface area (TPSA) is 88.6 Å². The van der Waals surface area contributed by atoms with E-state index in [2.05, 4.69) is 5.10 Å². The molecular weight excluding hydrogens is 405 g/mol. The Morgan fingerprint density at radius 1 is 1.39 bits per heavy atom. The number of nitrogens with two attached hydrogens (primary N) is 1. The first kappa shape index (κ1) is 24.5. The fourth-order valence-corrected chi connectivity index (χ4v) is 3.11. The Balaban J connectivity index is 0.00000196. The zero-order valence-corrected chi connectivity index (χ0v) is 18.3. The third kappa shape index (κ3) is 5.98. The molecule has 0 fully saturated rings. The summed E-state index contributed by atoms with van der Waals surface area (Å²) in [6.07, 6.45) is 2.28. The van der Waals surface area contributed by atoms with Gasteiger partial charge in [0.15, 0.2) is 0 Å². The van der Waals surface area contributed by atoms with Crippen molar-refractivity contribution in [1.82, 2.24) is 9.78 Å². The average Bonchev–Trinajstić information content (AvgIpc) is 2.94. The number of carbonyl (C=O) groups is 1. The summed E-state index contributed by atoms with van der Waals surface area (Å²) in [6, 6.07) is 3.96. The molecule has 1 aromatic carbocycles. The van der Waals surface area contributed by atoms with E-state index in [0.717, 1.165) is 22.2 Å². The molecule has 2 aromatic rings. The molecule has 28 heavy (non-hydrogen) atoms. The number of hydrogen-bond acceptors (Lipinski definition) is 6. The molecule has 0 amide bonds. The highest BCUT2D eigenvalue weighted by atomic mass is 35.5. The fourth-order valence-electron chi connectivity index (χ4n) is 3.11. The molecule has 2 N–H and O–H groups in total. The average molecular weight is 434 g/mol. The van der Waals surface area contributed by atoms with Crippen molar-refractivity contribution >= 4 is 41.7 Å². The molecule has 1 aliphatic rings. The number of nitrogens with zero attached hydrogens (tertiary/aromatic N) is 2. The third-order valence-corrected chi connectivity index (χ3v) is 4.04. The summed E-state index contributed by atoms with van der Waals surface area (Å²) in [4.78, 5) is 11.9. The molecule has 158 valence electrons. The zero-order chi connectivity index (χ0) is 18.9. The van der Waals surface area contributed by atoms with Crippen LogP contribution in [0.5, 0.6) is 5.75 Å². The highest BCUT2D eigenvalue weighted by Gasteiger charge is 2.26. The first-order chi connectivity index (χ1) is 12.2. The highest BCUT2D eigenvalue weighted by Crippen LogP contribution is 2.33. The second-order valence-electron chi connectivity index (χ2n) is 7.82. The molecule has 1 aliphatic heterocycles. The Morgan fingerprint density at radius 2 is 2.11 bits per heavy atom. The monoisotopic (exact) mass is 433 g/mol. The quantitative estimate of drug-likeness (QED) is 0.729. The molecular formula is C19H29Cl2N3O4. The van der Waals surface area contributed by atoms with Gasteiger partial charge < -0.3 is 19.9 Å². The molecule has 0 bridgehead atoms. The van der Waals surface area contributed by atoms with E-state index in [4.69, 9.17) is 19.9 Å². The lowest BCUT2D eigenvalue weighted by Gasteiger charge is -2.27. The van der Waals surface area contributed by atoms with E-state index >= 15 is 0 Å². The van der Waals surface area contributed by atoms with Crippen molar-refractivity contribution in [1.29, 1.82) is 0 Å². The first-order valence-corrected chi connectivity index (χ1v) is 8.92. The van der Waals surface area contributed by atoms with Gasteiger partial charge in [-0.1, -0.05) is 0 Å². The largest absolute Gasteiger partial charge is 0.491 e. The number of fused-ring (bicyclic) bond motifs is 3. The summed E-state index contributed by atoms with van der Waals surface area (Å²) in [5.41, 5.74) is 7.48. The number of ether oxygens (including phenoxy) is 3. The van der Waals surface area contributed by atoms with Gasteiger partial charge in [0.05, 0.1) is 24.4 Å². The molecule has 2 atom stereocenters. The molecule has 0 aliphatic carbocycles. The molecule has 0 unspecified atom stereocenters. The Labute approximate surface area is 177 Å². The van der Waals surface area contributed by atoms with Gasteiger partial charge in [-0.3, -0.25) is 4.68 Å². The summed E-state index contributed by atoms with van der Waals surface area (Å²) in [7, 11) is 0. The van der Waals surface area contributed by atoms with Gasteiger partial charge in [-0.15, -0.1) is 24.8 Å². The lowest BCUT2D eigenvalue weighted by atomic mass is 10.0. The van der Waals surface area contributed by atoms with Gasteiger partial charge in [-0.2, -0.15) is 5.10 Å². The van der Waals surface area contributed by atoms with Crippen LogP contribution in [-0.2, 0) is 27.2 Å². The summed E-state index contributed by atoms with van der Waals surface area (Å²) in [6.45, 7) is 8.40. The fraction of sp³-hybridized carbons (Fsp3) is 0.579. The molecule has 1 aromatic heterocycles. The van der Waals surface area contributed by atoms with Crippen LogP contribution in [0.3, 0.4) is 0 Å². The van der Waals surface area contributed by atoms with Gasteiger partial charge in [0.2, 0.25) is 0 Å². The summed E-state index contributed by atoms with van der Waals surface area (Å²) < 4.78 is 18.8. The normalized spacial score (nSPS) is 17.0. The number of hydrogen-bond donors (Lipinski definition) is 1. The second-order valence-corrected chi connectivity index (χ2v) is 7.82. The van der Waals surface area contributed by atoms with Gasteiger partial charge in [0, 0.05) is 23.4 Å². The molecule has 7 nitrogen and oxygen atoms in total. The molecule has 9 heteroatoms. The van der Waals surface area contributed by atoms with Gasteiger partial charge in [0.1, 0.15) is 24.6 Å². The van der Waals surface area contributed by atoms with Crippen molar-refractivity contribution in [3.8, 4) is 5.75 Å². The molecule has 3 rings (SSSR count). The predicted molar refractivity (Wildman–Crippen MR) is 113 cm³/mol. The minimum atomic E-state index is -0.520. The van der Waals surface area contributed by atoms with E-state index in [1.54, 1.807) is 0 Å². The van der Waals surface area contributed by atoms with E-state index in [1.807, 2.05) is 50.7 Å². The maximum atomic E-state index is 11.9. The van der Waals surface area contributed by atoms with Crippen LogP contribution in [0.25, 0.3) is 10.9 Å². The number of aromatic nitrogens is 2. The minimum absolute atomic E-state index is 0. The lowest BCUT2D eigenvalue weighted by molar-refractivity contribution is -0.163. The van der Waals surface area contributed by atoms with Gasteiger partial charge in [-0.05, 0) is 39.8 Å². The van der Waals surface area contributed by atoms with Crippen molar-refractivity contribution in [2.75, 3.05) is 13.2 Å². The van der Waals surface area contributed by atoms with Crippen LogP contribution in [0, 0.1) is 0 Å². The number of benzene rings is 1. The minimum Gasteiger partial charge on any atom is -0.491 e. The van der Waals surface area contributed by atoms with Crippen molar-refractivity contribution in [3.05, 3.63) is 23.9 Å². The standard InChI is InChI=1S/C19H27N3O4.2ClH/c1-12(20)9-22-18-13(8-21-22)5-6-16-15(18)7-14(10-25-16)24-11-17(23)26-19(2,3)4;;/h5-6,8,12,14H,7,9-11,20H2,1-4H3;2*1H/t12-,14+;;/m0../s1. The van der Waals surface area contributed by atoms with Crippen LogP contribution in [0.4, 0.5) is 0 Å². The van der Waals surface area contributed by atoms with Gasteiger partial charge in [-0.25, -0.2) is 4.79 Å². The lowest BCUT2D eigenvalue weighted by Crippen LogP contribution is -2.33. The maximum absolute atomic E-state index is 11.9. The number of esters is 1. The molecule has 0 saturated carbocycles. The van der Waals surface area contributed by atoms with Gasteiger partial charge >= 0.3 is 5.97 Å². The van der Waals surface area contributed by atoms with Crippen LogP contribution in [0.2, 0.25) is 0 Å². The summed E-state index contributed by atoms with van der Waals surface area (Å²) >= 11 is 0. The predicted octanol–water partition coefficient (Wildman–Crippen LogP) is 2.89. The molecule has 0 saturated heterocycles. The summed E-state index contributed by atoms with van der Waals surface area (Å²) in [5.74, 6) is 0.463. The van der Waals surface area contributed by atoms with E-state index in [9.17, 15) is 4.79 Å². The number of carbonyl (C=O) groups excluding carboxylic acids is 1. The van der Waals surface area contributed by atoms with Crippen molar-refractivity contribution in [2.24, 2.45) is 5.73 Å². The van der Waals surface area contributed by atoms with Crippen molar-refractivity contribution in [3.63, 3.8) is 0 Å². The Hall–Kier alpha value is -1.54. The smallest absolute Gasteiger partial charge is 0.332 e. The molecule has 2 heterocycles. The van der Waals surface area contributed by atoms with Crippen LogP contribution in [-0.4, -0.2) is 46.7 Å². The van der Waals surface area contributed by atoms with Crippen LogP contribution in [0.1, 0.15) is 33.3 Å². The summed E-state index contributed by atoms with van der Waals surface area (Å²) in [5, 5.41) is 5.49. The number of rotatable bonds is 5. The van der Waals surface area contributed by atoms with Crippen molar-refractivity contribution < 1.29 is 19.0 Å². The molecule has 0 radical (unpaired) electrons. The van der Waals surface area contributed by atoms with Crippen LogP contribution < -0.4 is 10.5 Å². The Bertz CT molecular complexity index is 802. The third-order valence-electron chi connectivity index (χ3n) is 4.04. The van der Waals surface area contributed by atoms with E-state index in [0.29, 0.717) is 19.6 Å². The van der Waals surface area contributed by atoms with Crippen LogP contribution >= 0.6 is 24.8 Å². The zero-order valence-electron chi connectivity index (χ0n) is 16.6. The molecule has 0 spiro atoms. The highest BCUT2D eigenvalue weighted by molar-refractivity contribution is 5.86. The Morgan fingerprint density at radius 3 is 2.75 bits per heavy atom. The second kappa shape index (κ2) is 9.78. The Kier molecular flexibility index (Phi) is 8.56. The SMILES string of the molecule is C[C@H](N)Cn1ncc2ccc3c(c21)C[C@@H](OCC(=O)OC(C)(C)C)CO3.Cl.Cl. The van der Waals surface area contributed by atoms with E-state index < -0.39 is 5.60 Å². The van der Waals surface area contributed by atoms with Crippen LogP contribution in [0.15, 0.2) is 18.3 Å². The van der Waals surface area contributed by atoms with E-state index in [1.165, 1.54) is 0 Å².